The Balaban J connectivity index is 1.72. The molecular weight excluding hydrogens is 292 g/mol. The molecule has 23 heavy (non-hydrogen) atoms. The summed E-state index contributed by atoms with van der Waals surface area (Å²) < 4.78 is 5.09. The molecule has 0 spiro atoms. The van der Waals surface area contributed by atoms with Crippen molar-refractivity contribution < 1.29 is 4.74 Å². The highest BCUT2D eigenvalue weighted by atomic mass is 16.5. The molecule has 0 bridgehead atoms. The zero-order valence-corrected chi connectivity index (χ0v) is 13.4. The Hall–Kier alpha value is -2.05. The molecule has 6 heteroatoms. The molecule has 2 aromatic heterocycles. The molecule has 3 rings (SSSR count). The molecule has 0 radical (unpaired) electrons. The van der Waals surface area contributed by atoms with Gasteiger partial charge in [0.25, 0.3) is 5.56 Å². The lowest BCUT2D eigenvalue weighted by atomic mass is 9.96. The van der Waals surface area contributed by atoms with Gasteiger partial charge in [-0.1, -0.05) is 0 Å². The monoisotopic (exact) mass is 314 g/mol. The third kappa shape index (κ3) is 4.24. The molecule has 1 atom stereocenters. The predicted molar refractivity (Wildman–Crippen MR) is 87.1 cm³/mol. The summed E-state index contributed by atoms with van der Waals surface area (Å²) in [5, 5.41) is 0. The van der Waals surface area contributed by atoms with Crippen molar-refractivity contribution >= 4 is 0 Å². The highest BCUT2D eigenvalue weighted by Gasteiger charge is 2.23. The van der Waals surface area contributed by atoms with E-state index in [-0.39, 0.29) is 11.5 Å². The van der Waals surface area contributed by atoms with Crippen LogP contribution in [0.3, 0.4) is 0 Å². The Bertz CT molecular complexity index is 686. The minimum Gasteiger partial charge on any atom is -0.378 e. The van der Waals surface area contributed by atoms with Crippen molar-refractivity contribution in [2.75, 3.05) is 20.2 Å². The van der Waals surface area contributed by atoms with Gasteiger partial charge in [0.1, 0.15) is 5.82 Å². The fraction of sp³-hybridized carbons (Fsp3) is 0.471. The normalized spacial score (nSPS) is 18.9. The lowest BCUT2D eigenvalue weighted by Gasteiger charge is -2.32. The standard InChI is InChI=1S/C17H22N4O2/c1-23-12-15-9-16(22)20-17(19-15)14-3-2-8-21(11-14)10-13-4-6-18-7-5-13/h4-7,9,14H,2-3,8,10-12H2,1H3,(H,19,20,22). The van der Waals surface area contributed by atoms with Gasteiger partial charge in [0, 0.05) is 44.6 Å². The van der Waals surface area contributed by atoms with Gasteiger partial charge in [0.15, 0.2) is 0 Å². The molecule has 0 amide bonds. The zero-order chi connectivity index (χ0) is 16.1. The maximum absolute atomic E-state index is 11.8. The summed E-state index contributed by atoms with van der Waals surface area (Å²) in [6.45, 7) is 3.24. The van der Waals surface area contributed by atoms with E-state index in [0.29, 0.717) is 12.3 Å². The van der Waals surface area contributed by atoms with Crippen molar-refractivity contribution in [2.24, 2.45) is 0 Å². The molecular formula is C17H22N4O2. The van der Waals surface area contributed by atoms with Crippen molar-refractivity contribution in [3.63, 3.8) is 0 Å². The number of methoxy groups -OCH3 is 1. The van der Waals surface area contributed by atoms with Crippen LogP contribution in [0.2, 0.25) is 0 Å². The van der Waals surface area contributed by atoms with E-state index in [1.807, 2.05) is 24.5 Å². The smallest absolute Gasteiger partial charge is 0.251 e. The van der Waals surface area contributed by atoms with E-state index in [1.54, 1.807) is 7.11 Å². The van der Waals surface area contributed by atoms with Gasteiger partial charge < -0.3 is 9.72 Å². The van der Waals surface area contributed by atoms with Crippen LogP contribution in [-0.4, -0.2) is 40.1 Å². The number of likely N-dealkylation sites (tertiary alicyclic amines) is 1. The van der Waals surface area contributed by atoms with Crippen molar-refractivity contribution in [3.05, 3.63) is 58.0 Å². The van der Waals surface area contributed by atoms with E-state index >= 15 is 0 Å². The van der Waals surface area contributed by atoms with Gasteiger partial charge in [-0.2, -0.15) is 0 Å². The number of piperidine rings is 1. The third-order valence-electron chi connectivity index (χ3n) is 4.15. The first-order valence-electron chi connectivity index (χ1n) is 7.95. The summed E-state index contributed by atoms with van der Waals surface area (Å²) in [6, 6.07) is 5.59. The first-order valence-corrected chi connectivity index (χ1v) is 7.95. The molecule has 1 N–H and O–H groups in total. The average Bonchev–Trinajstić information content (AvgIpc) is 2.56. The Morgan fingerprint density at radius 1 is 1.39 bits per heavy atom. The van der Waals surface area contributed by atoms with E-state index in [0.717, 1.165) is 38.3 Å². The topological polar surface area (TPSA) is 71.1 Å². The molecule has 0 aromatic carbocycles. The molecule has 6 nitrogen and oxygen atoms in total. The molecule has 1 aliphatic heterocycles. The second kappa shape index (κ2) is 7.48. The lowest BCUT2D eigenvalue weighted by Crippen LogP contribution is -2.35. The van der Waals surface area contributed by atoms with Gasteiger partial charge in [-0.25, -0.2) is 4.98 Å². The molecule has 1 aliphatic rings. The third-order valence-corrected chi connectivity index (χ3v) is 4.15. The second-order valence-electron chi connectivity index (χ2n) is 5.98. The van der Waals surface area contributed by atoms with Gasteiger partial charge >= 0.3 is 0 Å². The number of nitrogens with zero attached hydrogens (tertiary/aromatic N) is 3. The molecule has 0 saturated carbocycles. The van der Waals surface area contributed by atoms with Crippen molar-refractivity contribution in [1.29, 1.82) is 0 Å². The van der Waals surface area contributed by atoms with E-state index in [1.165, 1.54) is 11.6 Å². The summed E-state index contributed by atoms with van der Waals surface area (Å²) in [5.74, 6) is 1.04. The highest BCUT2D eigenvalue weighted by Crippen LogP contribution is 2.25. The maximum Gasteiger partial charge on any atom is 0.251 e. The summed E-state index contributed by atoms with van der Waals surface area (Å²) in [6.07, 6.45) is 5.80. The summed E-state index contributed by atoms with van der Waals surface area (Å²) in [4.78, 5) is 25.8. The van der Waals surface area contributed by atoms with Crippen LogP contribution in [0.1, 0.15) is 35.8 Å². The van der Waals surface area contributed by atoms with Crippen molar-refractivity contribution in [1.82, 2.24) is 19.9 Å². The molecule has 0 aliphatic carbocycles. The lowest BCUT2D eigenvalue weighted by molar-refractivity contribution is 0.178. The van der Waals surface area contributed by atoms with Gasteiger partial charge in [0.2, 0.25) is 0 Å². The van der Waals surface area contributed by atoms with E-state index in [9.17, 15) is 4.79 Å². The minimum absolute atomic E-state index is 0.103. The van der Waals surface area contributed by atoms with Crippen LogP contribution in [0.15, 0.2) is 35.4 Å². The zero-order valence-electron chi connectivity index (χ0n) is 13.4. The fourth-order valence-corrected chi connectivity index (χ4v) is 3.11. The minimum atomic E-state index is -0.103. The number of hydrogen-bond donors (Lipinski definition) is 1. The number of nitrogens with one attached hydrogen (secondary N) is 1. The van der Waals surface area contributed by atoms with Crippen LogP contribution >= 0.6 is 0 Å². The van der Waals surface area contributed by atoms with Gasteiger partial charge in [-0.05, 0) is 37.1 Å². The van der Waals surface area contributed by atoms with Crippen molar-refractivity contribution in [3.8, 4) is 0 Å². The molecule has 1 saturated heterocycles. The largest absolute Gasteiger partial charge is 0.378 e. The van der Waals surface area contributed by atoms with Gasteiger partial charge in [-0.3, -0.25) is 14.7 Å². The molecule has 1 fully saturated rings. The van der Waals surface area contributed by atoms with Crippen molar-refractivity contribution in [2.45, 2.75) is 31.9 Å². The Kier molecular flexibility index (Phi) is 5.15. The van der Waals surface area contributed by atoms with E-state index < -0.39 is 0 Å². The van der Waals surface area contributed by atoms with Gasteiger partial charge in [-0.15, -0.1) is 0 Å². The first kappa shape index (κ1) is 15.8. The number of aromatic amines is 1. The Morgan fingerprint density at radius 2 is 2.22 bits per heavy atom. The molecule has 2 aromatic rings. The first-order chi connectivity index (χ1) is 11.2. The number of rotatable bonds is 5. The molecule has 122 valence electrons. The van der Waals surface area contributed by atoms with Crippen LogP contribution in [0.25, 0.3) is 0 Å². The number of pyridine rings is 1. The van der Waals surface area contributed by atoms with Crippen LogP contribution in [0.5, 0.6) is 0 Å². The number of aromatic nitrogens is 3. The quantitative estimate of drug-likeness (QED) is 0.909. The van der Waals surface area contributed by atoms with Crippen LogP contribution < -0.4 is 5.56 Å². The fourth-order valence-electron chi connectivity index (χ4n) is 3.11. The number of H-pyrrole nitrogens is 1. The van der Waals surface area contributed by atoms with Gasteiger partial charge in [0.05, 0.1) is 12.3 Å². The average molecular weight is 314 g/mol. The molecule has 1 unspecified atom stereocenters. The van der Waals surface area contributed by atoms with Crippen LogP contribution in [0, 0.1) is 0 Å². The van der Waals surface area contributed by atoms with E-state index in [2.05, 4.69) is 19.9 Å². The number of hydrogen-bond acceptors (Lipinski definition) is 5. The maximum atomic E-state index is 11.8. The van der Waals surface area contributed by atoms with Crippen LogP contribution in [0.4, 0.5) is 0 Å². The van der Waals surface area contributed by atoms with E-state index in [4.69, 9.17) is 4.74 Å². The summed E-state index contributed by atoms with van der Waals surface area (Å²) in [7, 11) is 1.61. The summed E-state index contributed by atoms with van der Waals surface area (Å²) in [5.41, 5.74) is 1.85. The highest BCUT2D eigenvalue weighted by molar-refractivity contribution is 5.11. The van der Waals surface area contributed by atoms with Crippen LogP contribution in [-0.2, 0) is 17.9 Å². The SMILES string of the molecule is COCc1cc(=O)[nH]c(C2CCCN(Cc3ccncc3)C2)n1. The molecule has 3 heterocycles. The number of ether oxygens (including phenoxy) is 1. The predicted octanol–water partition coefficient (Wildman–Crippen LogP) is 1.69. The Labute approximate surface area is 135 Å². The second-order valence-corrected chi connectivity index (χ2v) is 5.98. The summed E-state index contributed by atoms with van der Waals surface area (Å²) >= 11 is 0. The Morgan fingerprint density at radius 3 is 3.00 bits per heavy atom.